The summed E-state index contributed by atoms with van der Waals surface area (Å²) in [5.74, 6) is -0.401. The molecule has 1 N–H and O–H groups in total. The maximum absolute atomic E-state index is 13.3. The summed E-state index contributed by atoms with van der Waals surface area (Å²) < 4.78 is 3.81. The molecule has 1 unspecified atom stereocenters. The molecule has 3 aromatic rings. The van der Waals surface area contributed by atoms with Crippen molar-refractivity contribution in [3.8, 4) is 0 Å². The molecule has 0 saturated heterocycles. The summed E-state index contributed by atoms with van der Waals surface area (Å²) in [4.78, 5) is 29.1. The minimum atomic E-state index is -0.662. The lowest BCUT2D eigenvalue weighted by Gasteiger charge is -2.30. The standard InChI is InChI=1S/C20H20N4O2S2/c1-13-9-10-27-18(13)17(19(25)21-11-14-5-3-2-4-6-14)24(15-7-8-15)20(26)16-12-28-23-22-16/h2-6,9-10,12,15,17H,7-8,11H2,1H3,(H,21,25). The minimum absolute atomic E-state index is 0.0585. The first-order valence-corrected chi connectivity index (χ1v) is 10.8. The highest BCUT2D eigenvalue weighted by molar-refractivity contribution is 7.10. The molecule has 1 atom stereocenters. The molecule has 0 aliphatic heterocycles. The number of carbonyl (C=O) groups excluding carboxylic acids is 2. The van der Waals surface area contributed by atoms with E-state index in [1.54, 1.807) is 10.3 Å². The van der Waals surface area contributed by atoms with Crippen LogP contribution in [-0.2, 0) is 11.3 Å². The number of nitrogens with one attached hydrogen (secondary N) is 1. The molecule has 1 saturated carbocycles. The van der Waals surface area contributed by atoms with Crippen molar-refractivity contribution < 1.29 is 9.59 Å². The van der Waals surface area contributed by atoms with Crippen LogP contribution in [0.2, 0.25) is 0 Å². The number of aryl methyl sites for hydroxylation is 1. The van der Waals surface area contributed by atoms with Crippen LogP contribution in [0, 0.1) is 6.92 Å². The van der Waals surface area contributed by atoms with Crippen molar-refractivity contribution in [1.82, 2.24) is 19.8 Å². The molecule has 144 valence electrons. The SMILES string of the molecule is Cc1ccsc1C(C(=O)NCc1ccccc1)N(C(=O)c1csnn1)C1CC1. The van der Waals surface area contributed by atoms with Crippen molar-refractivity contribution in [3.05, 3.63) is 68.9 Å². The fourth-order valence-corrected chi connectivity index (χ4v) is 4.61. The number of amides is 2. The van der Waals surface area contributed by atoms with E-state index in [1.807, 2.05) is 48.7 Å². The molecule has 2 aromatic heterocycles. The summed E-state index contributed by atoms with van der Waals surface area (Å²) in [5, 5.41) is 10.6. The predicted molar refractivity (Wildman–Crippen MR) is 109 cm³/mol. The molecule has 0 spiro atoms. The Hall–Kier alpha value is -2.58. The Labute approximate surface area is 171 Å². The molecule has 1 aromatic carbocycles. The zero-order valence-corrected chi connectivity index (χ0v) is 17.0. The van der Waals surface area contributed by atoms with Gasteiger partial charge in [-0.3, -0.25) is 9.59 Å². The maximum atomic E-state index is 13.3. The number of benzene rings is 1. The van der Waals surface area contributed by atoms with Gasteiger partial charge in [0.05, 0.1) is 0 Å². The van der Waals surface area contributed by atoms with Gasteiger partial charge in [-0.15, -0.1) is 16.4 Å². The third kappa shape index (κ3) is 3.98. The van der Waals surface area contributed by atoms with Gasteiger partial charge in [0.25, 0.3) is 5.91 Å². The molecule has 2 heterocycles. The highest BCUT2D eigenvalue weighted by Crippen LogP contribution is 2.38. The van der Waals surface area contributed by atoms with Crippen molar-refractivity contribution in [3.63, 3.8) is 0 Å². The molecule has 8 heteroatoms. The van der Waals surface area contributed by atoms with E-state index in [9.17, 15) is 9.59 Å². The third-order valence-electron chi connectivity index (χ3n) is 4.74. The fourth-order valence-electron chi connectivity index (χ4n) is 3.15. The Kier molecular flexibility index (Phi) is 5.50. The minimum Gasteiger partial charge on any atom is -0.350 e. The Morgan fingerprint density at radius 3 is 2.64 bits per heavy atom. The second kappa shape index (κ2) is 8.20. The van der Waals surface area contributed by atoms with E-state index in [-0.39, 0.29) is 17.9 Å². The molecule has 1 aliphatic carbocycles. The average Bonchev–Trinajstić information content (AvgIpc) is 3.22. The van der Waals surface area contributed by atoms with Gasteiger partial charge in [-0.25, -0.2) is 0 Å². The number of thiophene rings is 1. The number of nitrogens with zero attached hydrogens (tertiary/aromatic N) is 3. The summed E-state index contributed by atoms with van der Waals surface area (Å²) in [6.45, 7) is 2.40. The third-order valence-corrected chi connectivity index (χ3v) is 6.32. The lowest BCUT2D eigenvalue weighted by atomic mass is 10.1. The first-order chi connectivity index (χ1) is 13.6. The number of carbonyl (C=O) groups is 2. The van der Waals surface area contributed by atoms with Crippen molar-refractivity contribution in [1.29, 1.82) is 0 Å². The average molecular weight is 413 g/mol. The summed E-state index contributed by atoms with van der Waals surface area (Å²) >= 11 is 2.65. The van der Waals surface area contributed by atoms with Crippen LogP contribution in [0.4, 0.5) is 0 Å². The molecule has 28 heavy (non-hydrogen) atoms. The van der Waals surface area contributed by atoms with E-state index in [1.165, 1.54) is 11.3 Å². The quantitative estimate of drug-likeness (QED) is 0.644. The van der Waals surface area contributed by atoms with E-state index >= 15 is 0 Å². The van der Waals surface area contributed by atoms with Gasteiger partial charge in [0.2, 0.25) is 5.91 Å². The Balaban J connectivity index is 1.63. The summed E-state index contributed by atoms with van der Waals surface area (Å²) in [6.07, 6.45) is 1.80. The topological polar surface area (TPSA) is 75.2 Å². The van der Waals surface area contributed by atoms with Crippen LogP contribution in [0.15, 0.2) is 47.2 Å². The second-order valence-corrected chi connectivity index (χ2v) is 8.37. The zero-order valence-electron chi connectivity index (χ0n) is 15.4. The first-order valence-electron chi connectivity index (χ1n) is 9.10. The number of hydrogen-bond donors (Lipinski definition) is 1. The smallest absolute Gasteiger partial charge is 0.276 e. The van der Waals surface area contributed by atoms with Gasteiger partial charge in [0, 0.05) is 22.8 Å². The van der Waals surface area contributed by atoms with Gasteiger partial charge in [0.15, 0.2) is 5.69 Å². The molecular formula is C20H20N4O2S2. The highest BCUT2D eigenvalue weighted by Gasteiger charge is 2.43. The van der Waals surface area contributed by atoms with Gasteiger partial charge in [-0.05, 0) is 53.9 Å². The number of rotatable bonds is 7. The van der Waals surface area contributed by atoms with Gasteiger partial charge in [-0.1, -0.05) is 34.8 Å². The lowest BCUT2D eigenvalue weighted by Crippen LogP contribution is -2.44. The van der Waals surface area contributed by atoms with Crippen molar-refractivity contribution >= 4 is 34.7 Å². The maximum Gasteiger partial charge on any atom is 0.276 e. The molecule has 4 rings (SSSR count). The van der Waals surface area contributed by atoms with Crippen LogP contribution >= 0.6 is 22.9 Å². The van der Waals surface area contributed by atoms with E-state index in [2.05, 4.69) is 14.9 Å². The van der Waals surface area contributed by atoms with E-state index in [0.717, 1.165) is 40.4 Å². The van der Waals surface area contributed by atoms with E-state index in [0.29, 0.717) is 12.2 Å². The molecular weight excluding hydrogens is 392 g/mol. The molecule has 1 aliphatic rings. The number of aromatic nitrogens is 2. The summed E-state index contributed by atoms with van der Waals surface area (Å²) in [6, 6.07) is 11.1. The van der Waals surface area contributed by atoms with Crippen molar-refractivity contribution in [2.24, 2.45) is 0 Å². The van der Waals surface area contributed by atoms with Gasteiger partial charge < -0.3 is 10.2 Å². The van der Waals surface area contributed by atoms with E-state index < -0.39 is 6.04 Å². The van der Waals surface area contributed by atoms with Gasteiger partial charge in [-0.2, -0.15) is 0 Å². The second-order valence-electron chi connectivity index (χ2n) is 6.81. The fraction of sp³-hybridized carbons (Fsp3) is 0.300. The first kappa shape index (κ1) is 18.8. The molecule has 6 nitrogen and oxygen atoms in total. The van der Waals surface area contributed by atoms with Crippen LogP contribution < -0.4 is 5.32 Å². The molecule has 2 amide bonds. The van der Waals surface area contributed by atoms with Crippen LogP contribution in [0.25, 0.3) is 0 Å². The van der Waals surface area contributed by atoms with Gasteiger partial charge >= 0.3 is 0 Å². The van der Waals surface area contributed by atoms with Crippen LogP contribution in [-0.4, -0.2) is 32.3 Å². The Bertz CT molecular complexity index is 952. The monoisotopic (exact) mass is 412 g/mol. The largest absolute Gasteiger partial charge is 0.350 e. The Morgan fingerprint density at radius 1 is 1.25 bits per heavy atom. The van der Waals surface area contributed by atoms with Crippen LogP contribution in [0.1, 0.15) is 45.4 Å². The van der Waals surface area contributed by atoms with Crippen molar-refractivity contribution in [2.45, 2.75) is 38.4 Å². The zero-order chi connectivity index (χ0) is 19.5. The number of hydrogen-bond acceptors (Lipinski definition) is 6. The molecule has 0 radical (unpaired) electrons. The summed E-state index contributed by atoms with van der Waals surface area (Å²) in [7, 11) is 0. The normalized spacial score (nSPS) is 14.5. The predicted octanol–water partition coefficient (Wildman–Crippen LogP) is 3.57. The molecule has 1 fully saturated rings. The van der Waals surface area contributed by atoms with Crippen molar-refractivity contribution in [2.75, 3.05) is 0 Å². The van der Waals surface area contributed by atoms with Crippen LogP contribution in [0.5, 0.6) is 0 Å². The van der Waals surface area contributed by atoms with Gasteiger partial charge in [0.1, 0.15) is 6.04 Å². The summed E-state index contributed by atoms with van der Waals surface area (Å²) in [5.41, 5.74) is 2.33. The van der Waals surface area contributed by atoms with Crippen LogP contribution in [0.3, 0.4) is 0 Å². The lowest BCUT2D eigenvalue weighted by molar-refractivity contribution is -0.126. The van der Waals surface area contributed by atoms with E-state index in [4.69, 9.17) is 0 Å². The highest BCUT2D eigenvalue weighted by atomic mass is 32.1. The Morgan fingerprint density at radius 2 is 2.04 bits per heavy atom. The molecule has 0 bridgehead atoms.